The Balaban J connectivity index is 2.25. The maximum atomic E-state index is 12.7. The van der Waals surface area contributed by atoms with Crippen LogP contribution in [0.1, 0.15) is 49.4 Å². The molecule has 0 aromatic heterocycles. The smallest absolute Gasteiger partial charge is 0.310 e. The minimum Gasteiger partial charge on any atom is -0.310 e. The van der Waals surface area contributed by atoms with E-state index in [0.717, 1.165) is 30.5 Å². The molecule has 1 fully saturated rings. The molecule has 0 saturated heterocycles. The minimum atomic E-state index is -4.26. The normalized spacial score (nSPS) is 23.7. The van der Waals surface area contributed by atoms with Crippen molar-refractivity contribution in [3.8, 4) is 0 Å². The lowest BCUT2D eigenvalue weighted by Gasteiger charge is -2.22. The van der Waals surface area contributed by atoms with E-state index in [1.807, 2.05) is 0 Å². The first kappa shape index (κ1) is 15.4. The Kier molecular flexibility index (Phi) is 4.43. The lowest BCUT2D eigenvalue weighted by molar-refractivity contribution is -0.137. The summed E-state index contributed by atoms with van der Waals surface area (Å²) in [5.74, 6) is 1.21. The van der Waals surface area contributed by atoms with E-state index in [4.69, 9.17) is 0 Å². The van der Waals surface area contributed by atoms with Crippen LogP contribution in [-0.4, -0.2) is 6.54 Å². The lowest BCUT2D eigenvalue weighted by atomic mass is 9.94. The van der Waals surface area contributed by atoms with Gasteiger partial charge in [0.25, 0.3) is 0 Å². The fourth-order valence-corrected chi connectivity index (χ4v) is 2.81. The Bertz CT molecular complexity index is 467. The molecule has 0 spiro atoms. The zero-order valence-electron chi connectivity index (χ0n) is 12.2. The quantitative estimate of drug-likeness (QED) is 0.826. The van der Waals surface area contributed by atoms with Gasteiger partial charge in [0.15, 0.2) is 0 Å². The predicted molar refractivity (Wildman–Crippen MR) is 74.5 cm³/mol. The van der Waals surface area contributed by atoms with Gasteiger partial charge in [-0.2, -0.15) is 13.2 Å². The lowest BCUT2D eigenvalue weighted by Crippen LogP contribution is -2.25. The van der Waals surface area contributed by atoms with Crippen molar-refractivity contribution in [1.82, 2.24) is 5.32 Å². The van der Waals surface area contributed by atoms with E-state index < -0.39 is 11.7 Å². The Morgan fingerprint density at radius 1 is 1.35 bits per heavy atom. The maximum absolute atomic E-state index is 12.7. The second kappa shape index (κ2) is 5.76. The van der Waals surface area contributed by atoms with E-state index in [9.17, 15) is 13.2 Å². The summed E-state index contributed by atoms with van der Waals surface area (Å²) in [6, 6.07) is 4.31. The van der Waals surface area contributed by atoms with Crippen molar-refractivity contribution in [3.05, 3.63) is 34.9 Å². The van der Waals surface area contributed by atoms with Gasteiger partial charge in [-0.15, -0.1) is 0 Å². The van der Waals surface area contributed by atoms with Crippen LogP contribution in [0.2, 0.25) is 0 Å². The van der Waals surface area contributed by atoms with E-state index in [-0.39, 0.29) is 6.04 Å². The number of alkyl halides is 3. The number of halogens is 3. The third-order valence-corrected chi connectivity index (χ3v) is 4.15. The molecule has 1 aromatic carbocycles. The summed E-state index contributed by atoms with van der Waals surface area (Å²) in [6.07, 6.45) is -2.08. The molecule has 2 rings (SSSR count). The summed E-state index contributed by atoms with van der Waals surface area (Å²) in [5.41, 5.74) is 1.19. The largest absolute Gasteiger partial charge is 0.416 e. The van der Waals surface area contributed by atoms with Gasteiger partial charge in [0, 0.05) is 6.04 Å². The zero-order valence-corrected chi connectivity index (χ0v) is 12.2. The van der Waals surface area contributed by atoms with Gasteiger partial charge in [0.1, 0.15) is 0 Å². The first-order valence-electron chi connectivity index (χ1n) is 7.25. The fourth-order valence-electron chi connectivity index (χ4n) is 2.81. The van der Waals surface area contributed by atoms with E-state index >= 15 is 0 Å². The highest BCUT2D eigenvalue weighted by molar-refractivity contribution is 5.35. The van der Waals surface area contributed by atoms with Gasteiger partial charge in [-0.05, 0) is 61.4 Å². The summed E-state index contributed by atoms with van der Waals surface area (Å²) >= 11 is 0. The van der Waals surface area contributed by atoms with Crippen LogP contribution in [0, 0.1) is 18.8 Å². The van der Waals surface area contributed by atoms with Crippen molar-refractivity contribution in [2.24, 2.45) is 11.8 Å². The second-order valence-corrected chi connectivity index (χ2v) is 5.88. The molecule has 3 atom stereocenters. The summed E-state index contributed by atoms with van der Waals surface area (Å²) in [5, 5.41) is 3.50. The molecular formula is C16H22F3N. The molecule has 1 aromatic rings. The molecular weight excluding hydrogens is 263 g/mol. The summed E-state index contributed by atoms with van der Waals surface area (Å²) in [4.78, 5) is 0. The topological polar surface area (TPSA) is 12.0 Å². The highest BCUT2D eigenvalue weighted by Crippen LogP contribution is 2.47. The first-order valence-corrected chi connectivity index (χ1v) is 7.25. The number of hydrogen-bond donors (Lipinski definition) is 1. The molecule has 0 amide bonds. The summed E-state index contributed by atoms with van der Waals surface area (Å²) < 4.78 is 38.2. The SMILES string of the molecule is CCCNC(c1ccc(C(F)(F)F)cc1C)C1CC1C. The van der Waals surface area contributed by atoms with E-state index in [0.29, 0.717) is 11.8 Å². The van der Waals surface area contributed by atoms with Crippen LogP contribution in [0.25, 0.3) is 0 Å². The Morgan fingerprint density at radius 2 is 2.00 bits per heavy atom. The van der Waals surface area contributed by atoms with Crippen molar-refractivity contribution in [3.63, 3.8) is 0 Å². The number of benzene rings is 1. The molecule has 0 bridgehead atoms. The third kappa shape index (κ3) is 3.35. The molecule has 0 radical (unpaired) electrons. The molecule has 1 nitrogen and oxygen atoms in total. The fraction of sp³-hybridized carbons (Fsp3) is 0.625. The Morgan fingerprint density at radius 3 is 2.45 bits per heavy atom. The van der Waals surface area contributed by atoms with Crippen LogP contribution in [0.5, 0.6) is 0 Å². The van der Waals surface area contributed by atoms with Gasteiger partial charge in [0.2, 0.25) is 0 Å². The first-order chi connectivity index (χ1) is 9.34. The van der Waals surface area contributed by atoms with Crippen LogP contribution >= 0.6 is 0 Å². The second-order valence-electron chi connectivity index (χ2n) is 5.88. The van der Waals surface area contributed by atoms with Crippen molar-refractivity contribution < 1.29 is 13.2 Å². The van der Waals surface area contributed by atoms with Gasteiger partial charge in [-0.3, -0.25) is 0 Å². The molecule has 1 N–H and O–H groups in total. The molecule has 0 heterocycles. The molecule has 20 heavy (non-hydrogen) atoms. The minimum absolute atomic E-state index is 0.187. The third-order valence-electron chi connectivity index (χ3n) is 4.15. The summed E-state index contributed by atoms with van der Waals surface area (Å²) in [7, 11) is 0. The molecule has 1 aliphatic rings. The van der Waals surface area contributed by atoms with Crippen LogP contribution in [0.15, 0.2) is 18.2 Å². The number of nitrogens with one attached hydrogen (secondary N) is 1. The van der Waals surface area contributed by atoms with Crippen molar-refractivity contribution in [2.45, 2.75) is 45.8 Å². The van der Waals surface area contributed by atoms with Gasteiger partial charge in [0.05, 0.1) is 5.56 Å². The zero-order chi connectivity index (χ0) is 14.9. The van der Waals surface area contributed by atoms with Gasteiger partial charge in [-0.25, -0.2) is 0 Å². The highest BCUT2D eigenvalue weighted by Gasteiger charge is 2.40. The number of rotatable bonds is 5. The standard InChI is InChI=1S/C16H22F3N/c1-4-7-20-15(14-9-11(14)3)13-6-5-12(8-10(13)2)16(17,18)19/h5-6,8,11,14-15,20H,4,7,9H2,1-3H3. The van der Waals surface area contributed by atoms with Gasteiger partial charge >= 0.3 is 6.18 Å². The Labute approximate surface area is 118 Å². The number of hydrogen-bond acceptors (Lipinski definition) is 1. The van der Waals surface area contributed by atoms with Crippen LogP contribution in [0.3, 0.4) is 0 Å². The highest BCUT2D eigenvalue weighted by atomic mass is 19.4. The van der Waals surface area contributed by atoms with E-state index in [1.54, 1.807) is 13.0 Å². The van der Waals surface area contributed by atoms with Crippen molar-refractivity contribution >= 4 is 0 Å². The van der Waals surface area contributed by atoms with Crippen LogP contribution < -0.4 is 5.32 Å². The Hall–Kier alpha value is -1.03. The molecule has 3 unspecified atom stereocenters. The van der Waals surface area contributed by atoms with Gasteiger partial charge in [-0.1, -0.05) is 19.9 Å². The van der Waals surface area contributed by atoms with E-state index in [2.05, 4.69) is 19.2 Å². The van der Waals surface area contributed by atoms with E-state index in [1.165, 1.54) is 12.1 Å². The monoisotopic (exact) mass is 285 g/mol. The molecule has 4 heteroatoms. The average molecular weight is 285 g/mol. The molecule has 1 saturated carbocycles. The number of aryl methyl sites for hydroxylation is 1. The van der Waals surface area contributed by atoms with Crippen molar-refractivity contribution in [1.29, 1.82) is 0 Å². The van der Waals surface area contributed by atoms with Crippen LogP contribution in [0.4, 0.5) is 13.2 Å². The molecule has 112 valence electrons. The van der Waals surface area contributed by atoms with Crippen molar-refractivity contribution in [2.75, 3.05) is 6.54 Å². The maximum Gasteiger partial charge on any atom is 0.416 e. The van der Waals surface area contributed by atoms with Gasteiger partial charge < -0.3 is 5.32 Å². The predicted octanol–water partition coefficient (Wildman–Crippen LogP) is 4.71. The molecule has 0 aliphatic heterocycles. The van der Waals surface area contributed by atoms with Crippen LogP contribution in [-0.2, 0) is 6.18 Å². The summed E-state index contributed by atoms with van der Waals surface area (Å²) in [6.45, 7) is 6.97. The molecule has 1 aliphatic carbocycles. The average Bonchev–Trinajstić information content (AvgIpc) is 3.07.